The van der Waals surface area contributed by atoms with Gasteiger partial charge in [-0.3, -0.25) is 0 Å². The number of halogens is 4. The van der Waals surface area contributed by atoms with Crippen LogP contribution in [0.1, 0.15) is 42.3 Å². The van der Waals surface area contributed by atoms with Gasteiger partial charge in [-0.2, -0.15) is 13.2 Å². The lowest BCUT2D eigenvalue weighted by atomic mass is 9.95. The molecule has 1 aromatic heterocycles. The number of aryl methyl sites for hydroxylation is 1. The van der Waals surface area contributed by atoms with E-state index in [-0.39, 0.29) is 28.9 Å². The summed E-state index contributed by atoms with van der Waals surface area (Å²) in [6, 6.07) is 6.49. The van der Waals surface area contributed by atoms with E-state index in [1.807, 2.05) is 0 Å². The molecule has 0 N–H and O–H groups in total. The minimum absolute atomic E-state index is 0.00427. The number of aromatic nitrogens is 2. The fourth-order valence-electron chi connectivity index (χ4n) is 3.52. The molecule has 0 aliphatic rings. The normalized spacial score (nSPS) is 12.5. The number of rotatable bonds is 4. The molecule has 0 aliphatic carbocycles. The third kappa shape index (κ3) is 6.41. The summed E-state index contributed by atoms with van der Waals surface area (Å²) in [4.78, 5) is 28.5. The summed E-state index contributed by atoms with van der Waals surface area (Å²) < 4.78 is 67.8. The van der Waals surface area contributed by atoms with Crippen molar-refractivity contribution in [1.82, 2.24) is 9.13 Å². The van der Waals surface area contributed by atoms with E-state index in [0.29, 0.717) is 11.6 Å². The molecule has 0 saturated carbocycles. The van der Waals surface area contributed by atoms with Crippen molar-refractivity contribution in [3.63, 3.8) is 0 Å². The van der Waals surface area contributed by atoms with Crippen molar-refractivity contribution in [1.29, 1.82) is 0 Å². The van der Waals surface area contributed by atoms with E-state index in [2.05, 4.69) is 4.99 Å². The maximum Gasteiger partial charge on any atom is 0.437 e. The van der Waals surface area contributed by atoms with Crippen molar-refractivity contribution in [2.75, 3.05) is 7.11 Å². The molecule has 3 aromatic rings. The quantitative estimate of drug-likeness (QED) is 0.354. The van der Waals surface area contributed by atoms with Gasteiger partial charge in [0.2, 0.25) is 5.62 Å². The van der Waals surface area contributed by atoms with Gasteiger partial charge in [-0.15, -0.1) is 4.99 Å². The first-order chi connectivity index (χ1) is 16.7. The molecule has 36 heavy (non-hydrogen) atoms. The summed E-state index contributed by atoms with van der Waals surface area (Å²) in [6.45, 7) is 5.14. The molecule has 0 spiro atoms. The van der Waals surface area contributed by atoms with Gasteiger partial charge >= 0.3 is 18.2 Å². The van der Waals surface area contributed by atoms with Gasteiger partial charge in [-0.25, -0.2) is 14.0 Å². The van der Waals surface area contributed by atoms with Crippen LogP contribution in [-0.4, -0.2) is 33.9 Å². The van der Waals surface area contributed by atoms with Crippen LogP contribution in [0.4, 0.5) is 22.4 Å². The van der Waals surface area contributed by atoms with Gasteiger partial charge < -0.3 is 18.6 Å². The molecule has 0 fully saturated rings. The van der Waals surface area contributed by atoms with E-state index in [0.717, 1.165) is 19.2 Å². The first-order valence-corrected chi connectivity index (χ1v) is 10.8. The van der Waals surface area contributed by atoms with Crippen LogP contribution >= 0.6 is 0 Å². The van der Waals surface area contributed by atoms with Gasteiger partial charge in [0.25, 0.3) is 0 Å². The number of hydrogen-bond donors (Lipinski definition) is 0. The molecule has 192 valence electrons. The van der Waals surface area contributed by atoms with Crippen LogP contribution < -0.4 is 5.62 Å². The topological polar surface area (TPSA) is 74.8 Å². The molecule has 1 heterocycles. The van der Waals surface area contributed by atoms with Gasteiger partial charge in [-0.05, 0) is 67.8 Å². The van der Waals surface area contributed by atoms with E-state index in [1.165, 1.54) is 18.2 Å². The minimum atomic E-state index is -4.83. The van der Waals surface area contributed by atoms with Crippen molar-refractivity contribution < 1.29 is 36.6 Å². The molecule has 0 saturated heterocycles. The summed E-state index contributed by atoms with van der Waals surface area (Å²) in [5, 5.41) is 0. The molecule has 2 aromatic carbocycles. The molecule has 7 nitrogen and oxygen atoms in total. The summed E-state index contributed by atoms with van der Waals surface area (Å²) in [6.07, 6.45) is -2.39. The summed E-state index contributed by atoms with van der Waals surface area (Å²) in [5.41, 5.74) is -1.55. The van der Waals surface area contributed by atoms with Gasteiger partial charge in [0, 0.05) is 19.4 Å². The summed E-state index contributed by atoms with van der Waals surface area (Å²) in [7, 11) is 2.81. The average Bonchev–Trinajstić information content (AvgIpc) is 3.09. The van der Waals surface area contributed by atoms with Crippen LogP contribution in [0.15, 0.2) is 53.8 Å². The molecule has 1 amide bonds. The van der Waals surface area contributed by atoms with Crippen molar-refractivity contribution >= 4 is 12.1 Å². The molecule has 0 bridgehead atoms. The van der Waals surface area contributed by atoms with Crippen LogP contribution in [0.3, 0.4) is 0 Å². The molecule has 3 rings (SSSR count). The van der Waals surface area contributed by atoms with E-state index >= 15 is 0 Å². The number of carbonyl (C=O) groups is 2. The number of alkyl halides is 3. The highest BCUT2D eigenvalue weighted by Gasteiger charge is 2.34. The molecule has 0 atom stereocenters. The minimum Gasteiger partial charge on any atom is -0.465 e. The number of hydrogen-bond acceptors (Lipinski definition) is 4. The monoisotopic (exact) mass is 507 g/mol. The Balaban J connectivity index is 2.13. The first kappa shape index (κ1) is 26.7. The standard InChI is InChI=1S/C25H25F4N3O4/c1-24(2,3)36-23(34)30-22-31(4)8-9-32(22)14-15-10-16(12-17(11-15)21(33)35-5)19-7-6-18(26)13-20(19)25(27,28)29/h6-13H,14H2,1-5H3/b30-22-. The zero-order valence-corrected chi connectivity index (χ0v) is 20.3. The van der Waals surface area contributed by atoms with Crippen LogP contribution in [0.5, 0.6) is 0 Å². The number of ether oxygens (including phenoxy) is 2. The van der Waals surface area contributed by atoms with Gasteiger partial charge in [0.15, 0.2) is 0 Å². The average molecular weight is 507 g/mol. The Bertz CT molecular complexity index is 1360. The summed E-state index contributed by atoms with van der Waals surface area (Å²) in [5.74, 6) is -1.80. The Kier molecular flexibility index (Phi) is 7.42. The molecule has 11 heteroatoms. The zero-order chi connectivity index (χ0) is 26.8. The third-order valence-electron chi connectivity index (χ3n) is 4.99. The smallest absolute Gasteiger partial charge is 0.437 e. The van der Waals surface area contributed by atoms with E-state index < -0.39 is 35.2 Å². The molecule has 0 radical (unpaired) electrons. The second-order valence-corrected chi connectivity index (χ2v) is 9.03. The van der Waals surface area contributed by atoms with Crippen LogP contribution in [0.25, 0.3) is 11.1 Å². The van der Waals surface area contributed by atoms with E-state index in [9.17, 15) is 27.2 Å². The Labute approximate surface area is 204 Å². The van der Waals surface area contributed by atoms with Crippen molar-refractivity contribution in [2.24, 2.45) is 12.0 Å². The second-order valence-electron chi connectivity index (χ2n) is 9.03. The lowest BCUT2D eigenvalue weighted by molar-refractivity contribution is -0.137. The highest BCUT2D eigenvalue weighted by molar-refractivity contribution is 5.91. The molecular formula is C25H25F4N3O4. The fourth-order valence-corrected chi connectivity index (χ4v) is 3.52. The van der Waals surface area contributed by atoms with Gasteiger partial charge in [-0.1, -0.05) is 6.07 Å². The third-order valence-corrected chi connectivity index (χ3v) is 4.99. The van der Waals surface area contributed by atoms with Crippen molar-refractivity contribution in [2.45, 2.75) is 39.1 Å². The first-order valence-electron chi connectivity index (χ1n) is 10.8. The fraction of sp³-hybridized carbons (Fsp3) is 0.320. The lowest BCUT2D eigenvalue weighted by Gasteiger charge is -2.17. The molecule has 0 unspecified atom stereocenters. The largest absolute Gasteiger partial charge is 0.465 e. The Morgan fingerprint density at radius 3 is 2.33 bits per heavy atom. The summed E-state index contributed by atoms with van der Waals surface area (Å²) >= 11 is 0. The number of amides is 1. The van der Waals surface area contributed by atoms with Gasteiger partial charge in [0.05, 0.1) is 24.8 Å². The molecule has 0 aliphatic heterocycles. The van der Waals surface area contributed by atoms with E-state index in [4.69, 9.17) is 9.47 Å². The Morgan fingerprint density at radius 1 is 1.03 bits per heavy atom. The number of esters is 1. The predicted molar refractivity (Wildman–Crippen MR) is 122 cm³/mol. The maximum atomic E-state index is 13.7. The Morgan fingerprint density at radius 2 is 1.72 bits per heavy atom. The SMILES string of the molecule is COC(=O)c1cc(Cn2ccn(C)/c2=N/C(=O)OC(C)(C)C)cc(-c2ccc(F)cc2C(F)(F)F)c1. The number of methoxy groups -OCH3 is 1. The number of benzene rings is 2. The van der Waals surface area contributed by atoms with Crippen LogP contribution in [0.2, 0.25) is 0 Å². The number of imidazole rings is 1. The highest BCUT2D eigenvalue weighted by Crippen LogP contribution is 2.38. The predicted octanol–water partition coefficient (Wildman–Crippen LogP) is 5.32. The van der Waals surface area contributed by atoms with Crippen molar-refractivity contribution in [3.8, 4) is 11.1 Å². The van der Waals surface area contributed by atoms with Crippen molar-refractivity contribution in [3.05, 3.63) is 76.9 Å². The van der Waals surface area contributed by atoms with E-state index in [1.54, 1.807) is 49.3 Å². The lowest BCUT2D eigenvalue weighted by Crippen LogP contribution is -2.29. The maximum absolute atomic E-state index is 13.7. The number of carbonyl (C=O) groups excluding carboxylic acids is 2. The molecular weight excluding hydrogens is 482 g/mol. The highest BCUT2D eigenvalue weighted by atomic mass is 19.4. The Hall–Kier alpha value is -3.89. The van der Waals surface area contributed by atoms with Gasteiger partial charge in [0.1, 0.15) is 11.4 Å². The number of nitrogens with zero attached hydrogens (tertiary/aromatic N) is 3. The van der Waals surface area contributed by atoms with Crippen LogP contribution in [-0.2, 0) is 29.2 Å². The van der Waals surface area contributed by atoms with Crippen LogP contribution in [0, 0.1) is 5.82 Å². The zero-order valence-electron chi connectivity index (χ0n) is 20.3. The second kappa shape index (κ2) is 10.00.